The number of aryl methyl sites for hydroxylation is 1. The molecular formula is C11H15N3O2. The number of benzene rings is 1. The summed E-state index contributed by atoms with van der Waals surface area (Å²) >= 11 is 0. The Morgan fingerprint density at radius 1 is 1.31 bits per heavy atom. The van der Waals surface area contributed by atoms with Gasteiger partial charge in [0.15, 0.2) is 0 Å². The molecule has 0 bridgehead atoms. The van der Waals surface area contributed by atoms with Crippen LogP contribution in [0, 0.1) is 0 Å². The van der Waals surface area contributed by atoms with E-state index in [1.54, 1.807) is 12.1 Å². The molecule has 0 atom stereocenters. The van der Waals surface area contributed by atoms with Crippen LogP contribution in [0.25, 0.3) is 0 Å². The molecule has 0 saturated heterocycles. The summed E-state index contributed by atoms with van der Waals surface area (Å²) in [4.78, 5) is 10.4. The molecule has 2 amide bonds. The molecule has 0 aliphatic carbocycles. The minimum atomic E-state index is -0.647. The van der Waals surface area contributed by atoms with Crippen LogP contribution in [0.3, 0.4) is 0 Å². The molecule has 1 rings (SSSR count). The Kier molecular flexibility index (Phi) is 4.20. The van der Waals surface area contributed by atoms with Gasteiger partial charge in [-0.15, -0.1) is 0 Å². The van der Waals surface area contributed by atoms with Crippen LogP contribution < -0.4 is 16.6 Å². The van der Waals surface area contributed by atoms with Gasteiger partial charge in [-0.2, -0.15) is 0 Å². The third kappa shape index (κ3) is 4.36. The van der Waals surface area contributed by atoms with Crippen molar-refractivity contribution in [2.24, 2.45) is 5.73 Å². The fourth-order valence-electron chi connectivity index (χ4n) is 1.17. The second-order valence-electron chi connectivity index (χ2n) is 3.38. The summed E-state index contributed by atoms with van der Waals surface area (Å²) < 4.78 is 0. The van der Waals surface area contributed by atoms with Gasteiger partial charge < -0.3 is 16.3 Å². The zero-order valence-corrected chi connectivity index (χ0v) is 8.86. The number of primary amides is 1. The Labute approximate surface area is 93.9 Å². The van der Waals surface area contributed by atoms with Crippen molar-refractivity contribution in [3.63, 3.8) is 0 Å². The number of phenols is 1. The Bertz CT molecular complexity index is 373. The summed E-state index contributed by atoms with van der Waals surface area (Å²) in [5.74, 6) is 0.246. The summed E-state index contributed by atoms with van der Waals surface area (Å²) in [5.41, 5.74) is 11.5. The van der Waals surface area contributed by atoms with Gasteiger partial charge in [0.1, 0.15) is 5.75 Å². The topological polar surface area (TPSA) is 87.4 Å². The molecule has 0 unspecified atom stereocenters. The summed E-state index contributed by atoms with van der Waals surface area (Å²) in [7, 11) is 0. The highest BCUT2D eigenvalue weighted by Crippen LogP contribution is 2.12. The number of aromatic hydroxyl groups is 1. The molecule has 0 aromatic heterocycles. The number of nitrogens with one attached hydrogen (secondary N) is 2. The van der Waals surface area contributed by atoms with E-state index in [1.807, 2.05) is 12.1 Å². The smallest absolute Gasteiger partial charge is 0.330 e. The first-order valence-corrected chi connectivity index (χ1v) is 4.85. The van der Waals surface area contributed by atoms with Crippen molar-refractivity contribution in [3.8, 4) is 5.75 Å². The maximum absolute atomic E-state index is 10.4. The lowest BCUT2D eigenvalue weighted by molar-refractivity contribution is 0.246. The maximum Gasteiger partial charge on any atom is 0.330 e. The molecule has 5 N–H and O–H groups in total. The number of hydrogen-bond donors (Lipinski definition) is 4. The molecule has 1 aromatic carbocycles. The first-order valence-electron chi connectivity index (χ1n) is 4.85. The lowest BCUT2D eigenvalue weighted by Gasteiger charge is -2.09. The number of allylic oxidation sites excluding steroid dienone is 1. The summed E-state index contributed by atoms with van der Waals surface area (Å²) in [6.45, 7) is 3.73. The van der Waals surface area contributed by atoms with Crippen LogP contribution in [0.1, 0.15) is 12.0 Å². The normalized spacial score (nSPS) is 9.50. The maximum atomic E-state index is 10.4. The lowest BCUT2D eigenvalue weighted by atomic mass is 10.1. The van der Waals surface area contributed by atoms with Gasteiger partial charge in [0, 0.05) is 5.70 Å². The van der Waals surface area contributed by atoms with Gasteiger partial charge in [0.05, 0.1) is 0 Å². The highest BCUT2D eigenvalue weighted by molar-refractivity contribution is 5.71. The van der Waals surface area contributed by atoms with Crippen molar-refractivity contribution >= 4 is 6.03 Å². The number of urea groups is 1. The van der Waals surface area contributed by atoms with Crippen LogP contribution in [0.5, 0.6) is 5.75 Å². The summed E-state index contributed by atoms with van der Waals surface area (Å²) in [5, 5.41) is 9.09. The Morgan fingerprint density at radius 2 is 1.94 bits per heavy atom. The van der Waals surface area contributed by atoms with Gasteiger partial charge in [0.2, 0.25) is 0 Å². The van der Waals surface area contributed by atoms with E-state index in [0.717, 1.165) is 12.0 Å². The monoisotopic (exact) mass is 221 g/mol. The Balaban J connectivity index is 2.31. The van der Waals surface area contributed by atoms with Crippen LogP contribution in [0.4, 0.5) is 4.79 Å². The molecule has 5 heteroatoms. The SMILES string of the molecule is C=C(CCc1ccc(O)cc1)NNC(N)=O. The van der Waals surface area contributed by atoms with Crippen LogP contribution >= 0.6 is 0 Å². The summed E-state index contributed by atoms with van der Waals surface area (Å²) in [6, 6.07) is 6.29. The third-order valence-corrected chi connectivity index (χ3v) is 2.01. The second kappa shape index (κ2) is 5.65. The van der Waals surface area contributed by atoms with Gasteiger partial charge in [0.25, 0.3) is 0 Å². The molecular weight excluding hydrogens is 206 g/mol. The van der Waals surface area contributed by atoms with Gasteiger partial charge in [-0.05, 0) is 30.5 Å². The molecule has 0 radical (unpaired) electrons. The number of nitrogens with two attached hydrogens (primary N) is 1. The molecule has 0 fully saturated rings. The van der Waals surface area contributed by atoms with Gasteiger partial charge >= 0.3 is 6.03 Å². The van der Waals surface area contributed by atoms with E-state index in [-0.39, 0.29) is 5.75 Å². The number of phenolic OH excluding ortho intramolecular Hbond substituents is 1. The molecule has 1 aromatic rings. The van der Waals surface area contributed by atoms with Crippen molar-refractivity contribution in [3.05, 3.63) is 42.1 Å². The highest BCUT2D eigenvalue weighted by atomic mass is 16.3. The lowest BCUT2D eigenvalue weighted by Crippen LogP contribution is -2.40. The second-order valence-corrected chi connectivity index (χ2v) is 3.38. The third-order valence-electron chi connectivity index (χ3n) is 2.01. The van der Waals surface area contributed by atoms with Crippen LogP contribution in [0.2, 0.25) is 0 Å². The van der Waals surface area contributed by atoms with Crippen molar-refractivity contribution in [2.75, 3.05) is 0 Å². The molecule has 0 aliphatic heterocycles. The van der Waals surface area contributed by atoms with Crippen LogP contribution in [-0.4, -0.2) is 11.1 Å². The van der Waals surface area contributed by atoms with E-state index in [2.05, 4.69) is 17.4 Å². The average molecular weight is 221 g/mol. The van der Waals surface area contributed by atoms with Crippen molar-refractivity contribution in [1.82, 2.24) is 10.9 Å². The number of carbonyl (C=O) groups excluding carboxylic acids is 1. The Hall–Kier alpha value is -2.17. The van der Waals surface area contributed by atoms with E-state index in [4.69, 9.17) is 10.8 Å². The zero-order chi connectivity index (χ0) is 12.0. The van der Waals surface area contributed by atoms with E-state index in [1.165, 1.54) is 0 Å². The van der Waals surface area contributed by atoms with E-state index >= 15 is 0 Å². The van der Waals surface area contributed by atoms with E-state index < -0.39 is 6.03 Å². The molecule has 0 saturated carbocycles. The first-order chi connectivity index (χ1) is 7.58. The largest absolute Gasteiger partial charge is 0.508 e. The number of amides is 2. The minimum absolute atomic E-state index is 0.246. The standard InChI is InChI=1S/C11H15N3O2/c1-8(13-14-11(12)16)2-3-9-4-6-10(15)7-5-9/h4-7,13,15H,1-3H2,(H3,12,14,16). The minimum Gasteiger partial charge on any atom is -0.508 e. The predicted octanol–water partition coefficient (Wildman–Crippen LogP) is 1.01. The number of hydrazine groups is 1. The van der Waals surface area contributed by atoms with Crippen LogP contribution in [0.15, 0.2) is 36.5 Å². The van der Waals surface area contributed by atoms with Crippen molar-refractivity contribution in [1.29, 1.82) is 0 Å². The fraction of sp³-hybridized carbons (Fsp3) is 0.182. The van der Waals surface area contributed by atoms with E-state index in [9.17, 15) is 4.79 Å². The number of hydrogen-bond acceptors (Lipinski definition) is 3. The van der Waals surface area contributed by atoms with Crippen LogP contribution in [-0.2, 0) is 6.42 Å². The van der Waals surface area contributed by atoms with Gasteiger partial charge in [-0.25, -0.2) is 4.79 Å². The van der Waals surface area contributed by atoms with E-state index in [0.29, 0.717) is 12.1 Å². The predicted molar refractivity (Wildman–Crippen MR) is 61.4 cm³/mol. The first kappa shape index (κ1) is 11.9. The average Bonchev–Trinajstić information content (AvgIpc) is 2.25. The molecule has 5 nitrogen and oxygen atoms in total. The quantitative estimate of drug-likeness (QED) is 0.560. The van der Waals surface area contributed by atoms with Gasteiger partial charge in [-0.3, -0.25) is 5.43 Å². The Morgan fingerprint density at radius 3 is 2.50 bits per heavy atom. The molecule has 86 valence electrons. The fourth-order valence-corrected chi connectivity index (χ4v) is 1.17. The number of rotatable bonds is 5. The zero-order valence-electron chi connectivity index (χ0n) is 8.86. The van der Waals surface area contributed by atoms with Gasteiger partial charge in [-0.1, -0.05) is 18.7 Å². The number of carbonyl (C=O) groups is 1. The highest BCUT2D eigenvalue weighted by Gasteiger charge is 1.97. The molecule has 16 heavy (non-hydrogen) atoms. The molecule has 0 spiro atoms. The van der Waals surface area contributed by atoms with Crippen molar-refractivity contribution in [2.45, 2.75) is 12.8 Å². The molecule has 0 aliphatic rings. The summed E-state index contributed by atoms with van der Waals surface area (Å²) in [6.07, 6.45) is 1.44. The molecule has 0 heterocycles. The van der Waals surface area contributed by atoms with Crippen molar-refractivity contribution < 1.29 is 9.90 Å².